The van der Waals surface area contributed by atoms with Crippen LogP contribution >= 0.6 is 23.5 Å². The van der Waals surface area contributed by atoms with E-state index in [0.717, 1.165) is 24.0 Å². The molecule has 1 nitrogen and oxygen atoms in total. The number of thioether (sulfide) groups is 2. The molecule has 0 radical (unpaired) electrons. The zero-order chi connectivity index (χ0) is 13.8. The van der Waals surface area contributed by atoms with Crippen LogP contribution in [-0.4, -0.2) is 27.8 Å². The van der Waals surface area contributed by atoms with E-state index in [2.05, 4.69) is 6.92 Å². The molecule has 0 N–H and O–H groups in total. The lowest BCUT2D eigenvalue weighted by Gasteiger charge is -2.28. The predicted octanol–water partition coefficient (Wildman–Crippen LogP) is 3.70. The van der Waals surface area contributed by atoms with Gasteiger partial charge in [-0.05, 0) is 24.1 Å². The van der Waals surface area contributed by atoms with Crippen LogP contribution in [0.4, 0.5) is 8.78 Å². The molecule has 1 saturated heterocycles. The second-order valence-corrected chi connectivity index (χ2v) is 7.13. The molecule has 0 saturated carbocycles. The molecular weight excluding hydrogens is 286 g/mol. The van der Waals surface area contributed by atoms with Crippen molar-refractivity contribution in [2.24, 2.45) is 0 Å². The van der Waals surface area contributed by atoms with Crippen molar-refractivity contribution in [2.45, 2.75) is 30.3 Å². The molecule has 0 aromatic heterocycles. The molecule has 0 amide bonds. The Morgan fingerprint density at radius 2 is 1.84 bits per heavy atom. The highest BCUT2D eigenvalue weighted by atomic mass is 32.2. The van der Waals surface area contributed by atoms with Gasteiger partial charge in [0.1, 0.15) is 11.6 Å². The first-order valence-corrected chi connectivity index (χ1v) is 8.40. The van der Waals surface area contributed by atoms with Gasteiger partial charge in [-0.2, -0.15) is 11.8 Å². The molecule has 104 valence electrons. The molecule has 0 bridgehead atoms. The Morgan fingerprint density at radius 1 is 1.21 bits per heavy atom. The maximum atomic E-state index is 13.1. The molecule has 1 aliphatic heterocycles. The average molecular weight is 302 g/mol. The van der Waals surface area contributed by atoms with Crippen molar-refractivity contribution < 1.29 is 13.6 Å². The van der Waals surface area contributed by atoms with E-state index in [1.54, 1.807) is 11.8 Å². The van der Waals surface area contributed by atoms with Gasteiger partial charge in [-0.25, -0.2) is 8.78 Å². The fourth-order valence-corrected chi connectivity index (χ4v) is 5.25. The SMILES string of the molecule is CCC1SCCSC1C(=O)Cc1cc(F)cc(F)c1. The van der Waals surface area contributed by atoms with Gasteiger partial charge in [-0.3, -0.25) is 4.79 Å². The van der Waals surface area contributed by atoms with Gasteiger partial charge in [-0.1, -0.05) is 6.92 Å². The summed E-state index contributed by atoms with van der Waals surface area (Å²) in [5.74, 6) is 0.867. The van der Waals surface area contributed by atoms with E-state index in [1.165, 1.54) is 12.1 Å². The number of ketones is 1. The van der Waals surface area contributed by atoms with Gasteiger partial charge in [0.05, 0.1) is 5.25 Å². The number of carbonyl (C=O) groups excluding carboxylic acids is 1. The molecule has 19 heavy (non-hydrogen) atoms. The highest BCUT2D eigenvalue weighted by Gasteiger charge is 2.30. The second kappa shape index (κ2) is 6.75. The first kappa shape index (κ1) is 14.9. The van der Waals surface area contributed by atoms with Gasteiger partial charge in [-0.15, -0.1) is 11.8 Å². The van der Waals surface area contributed by atoms with E-state index >= 15 is 0 Å². The van der Waals surface area contributed by atoms with Crippen LogP contribution in [0.3, 0.4) is 0 Å². The Labute approximate surface area is 120 Å². The summed E-state index contributed by atoms with van der Waals surface area (Å²) in [4.78, 5) is 12.3. The Kier molecular flexibility index (Phi) is 5.28. The number of hydrogen-bond acceptors (Lipinski definition) is 3. The molecule has 2 unspecified atom stereocenters. The van der Waals surface area contributed by atoms with E-state index in [4.69, 9.17) is 0 Å². The van der Waals surface area contributed by atoms with Gasteiger partial charge in [0.25, 0.3) is 0 Å². The average Bonchev–Trinajstić information content (AvgIpc) is 2.37. The standard InChI is InChI=1S/C14H16F2OS2/c1-2-13-14(19-4-3-18-13)12(17)7-9-5-10(15)8-11(16)6-9/h5-6,8,13-14H,2-4,7H2,1H3. The molecule has 1 aliphatic rings. The van der Waals surface area contributed by atoms with Crippen molar-refractivity contribution in [2.75, 3.05) is 11.5 Å². The summed E-state index contributed by atoms with van der Waals surface area (Å²) in [6, 6.07) is 3.30. The quantitative estimate of drug-likeness (QED) is 0.844. The van der Waals surface area contributed by atoms with Crippen LogP contribution in [0.15, 0.2) is 18.2 Å². The van der Waals surface area contributed by atoms with Crippen LogP contribution in [-0.2, 0) is 11.2 Å². The molecule has 2 atom stereocenters. The van der Waals surface area contributed by atoms with Crippen molar-refractivity contribution in [1.82, 2.24) is 0 Å². The number of hydrogen-bond donors (Lipinski definition) is 0. The topological polar surface area (TPSA) is 17.1 Å². The number of carbonyl (C=O) groups is 1. The van der Waals surface area contributed by atoms with Gasteiger partial charge in [0.15, 0.2) is 5.78 Å². The number of rotatable bonds is 4. The number of benzene rings is 1. The lowest BCUT2D eigenvalue weighted by atomic mass is 10.0. The van der Waals surface area contributed by atoms with Crippen LogP contribution < -0.4 is 0 Å². The molecule has 2 rings (SSSR count). The summed E-state index contributed by atoms with van der Waals surface area (Å²) in [6.45, 7) is 2.08. The third-order valence-electron chi connectivity index (χ3n) is 3.07. The van der Waals surface area contributed by atoms with Crippen LogP contribution in [0.25, 0.3) is 0 Å². The molecule has 1 heterocycles. The molecular formula is C14H16F2OS2. The molecule has 1 aromatic carbocycles. The molecule has 0 spiro atoms. The first-order chi connectivity index (χ1) is 9.10. The highest BCUT2D eigenvalue weighted by Crippen LogP contribution is 2.34. The zero-order valence-electron chi connectivity index (χ0n) is 10.7. The minimum atomic E-state index is -0.625. The maximum Gasteiger partial charge on any atom is 0.151 e. The number of Topliss-reactive ketones (excluding diaryl/α,β-unsaturated/α-hetero) is 1. The third kappa shape index (κ3) is 3.96. The number of halogens is 2. The van der Waals surface area contributed by atoms with Crippen molar-refractivity contribution in [3.05, 3.63) is 35.4 Å². The minimum absolute atomic E-state index is 0.0462. The molecule has 1 fully saturated rings. The highest BCUT2D eigenvalue weighted by molar-refractivity contribution is 8.07. The van der Waals surface area contributed by atoms with E-state index in [9.17, 15) is 13.6 Å². The predicted molar refractivity (Wildman–Crippen MR) is 77.9 cm³/mol. The Bertz CT molecular complexity index is 445. The summed E-state index contributed by atoms with van der Waals surface area (Å²) in [5, 5.41) is 0.278. The fraction of sp³-hybridized carbons (Fsp3) is 0.500. The first-order valence-electron chi connectivity index (χ1n) is 6.31. The molecule has 1 aromatic rings. The summed E-state index contributed by atoms with van der Waals surface area (Å²) < 4.78 is 26.2. The monoisotopic (exact) mass is 302 g/mol. The summed E-state index contributed by atoms with van der Waals surface area (Å²) in [6.07, 6.45) is 1.06. The fourth-order valence-electron chi connectivity index (χ4n) is 2.22. The van der Waals surface area contributed by atoms with Crippen LogP contribution in [0.2, 0.25) is 0 Å². The summed E-state index contributed by atoms with van der Waals surface area (Å²) >= 11 is 3.50. The summed E-state index contributed by atoms with van der Waals surface area (Å²) in [5.41, 5.74) is 0.425. The second-order valence-electron chi connectivity index (χ2n) is 4.53. The Balaban J connectivity index is 2.07. The molecule has 5 heteroatoms. The normalized spacial score (nSPS) is 23.3. The zero-order valence-corrected chi connectivity index (χ0v) is 12.3. The van der Waals surface area contributed by atoms with Gasteiger partial charge < -0.3 is 0 Å². The summed E-state index contributed by atoms with van der Waals surface area (Å²) in [7, 11) is 0. The smallest absolute Gasteiger partial charge is 0.151 e. The van der Waals surface area contributed by atoms with Crippen LogP contribution in [0.5, 0.6) is 0 Å². The van der Waals surface area contributed by atoms with E-state index < -0.39 is 11.6 Å². The van der Waals surface area contributed by atoms with Gasteiger partial charge >= 0.3 is 0 Å². The van der Waals surface area contributed by atoms with E-state index in [0.29, 0.717) is 10.8 Å². The van der Waals surface area contributed by atoms with Crippen molar-refractivity contribution in [3.63, 3.8) is 0 Å². The van der Waals surface area contributed by atoms with E-state index in [1.807, 2.05) is 11.8 Å². The lowest BCUT2D eigenvalue weighted by molar-refractivity contribution is -0.117. The van der Waals surface area contributed by atoms with Gasteiger partial charge in [0.2, 0.25) is 0 Å². The third-order valence-corrected chi connectivity index (χ3v) is 6.37. The minimum Gasteiger partial charge on any atom is -0.298 e. The van der Waals surface area contributed by atoms with Crippen LogP contribution in [0.1, 0.15) is 18.9 Å². The van der Waals surface area contributed by atoms with Gasteiger partial charge in [0, 0.05) is 29.2 Å². The van der Waals surface area contributed by atoms with Crippen molar-refractivity contribution in [3.8, 4) is 0 Å². The van der Waals surface area contributed by atoms with E-state index in [-0.39, 0.29) is 17.5 Å². The lowest BCUT2D eigenvalue weighted by Crippen LogP contribution is -2.33. The maximum absolute atomic E-state index is 13.1. The Morgan fingerprint density at radius 3 is 2.47 bits per heavy atom. The Hall–Kier alpha value is -0.550. The molecule has 0 aliphatic carbocycles. The largest absolute Gasteiger partial charge is 0.298 e. The van der Waals surface area contributed by atoms with Crippen molar-refractivity contribution >= 4 is 29.3 Å². The van der Waals surface area contributed by atoms with Crippen molar-refractivity contribution in [1.29, 1.82) is 0 Å². The van der Waals surface area contributed by atoms with Crippen LogP contribution in [0, 0.1) is 11.6 Å².